The number of hydrogen-bond acceptors (Lipinski definition) is 12. The van der Waals surface area contributed by atoms with Gasteiger partial charge in [0.15, 0.2) is 0 Å². The standard InChI is InChI=1S/C42H42BrN11O3/c43-32-4-2-6-34-39(32)50-35(22-47-34)26(20-44)21-46-27-12-15-53(16-13-27)29-18-24-7-8-28(17-25(24)19-29)48-42-45-14-11-37(51-42)49-33-5-1-3-30-31(33)23-54(41(30)57)36-9-10-38(55)52-40(36)56/h1-8,11,14,17,20,22,26-27,29,36,44,46H,9-10,12-13,15-16,18-19,21,23H2,(H,52,55,56)(H2,45,48,49,51). The van der Waals surface area contributed by atoms with Crippen LogP contribution in [-0.2, 0) is 29.0 Å². The Morgan fingerprint density at radius 2 is 1.79 bits per heavy atom. The number of anilines is 4. The number of carbonyl (C=O) groups excluding carboxylic acids is 3. The number of imide groups is 1. The molecule has 0 saturated carbocycles. The monoisotopic (exact) mass is 827 g/mol. The van der Waals surface area contributed by atoms with Gasteiger partial charge in [0.1, 0.15) is 17.4 Å². The van der Waals surface area contributed by atoms with Crippen LogP contribution in [0.4, 0.5) is 23.1 Å². The van der Waals surface area contributed by atoms with Gasteiger partial charge in [0.2, 0.25) is 17.8 Å². The van der Waals surface area contributed by atoms with Crippen molar-refractivity contribution in [3.05, 3.63) is 105 Å². The number of likely N-dealkylation sites (tertiary alicyclic amines) is 1. The minimum absolute atomic E-state index is 0.139. The predicted molar refractivity (Wildman–Crippen MR) is 220 cm³/mol. The van der Waals surface area contributed by atoms with Crippen LogP contribution in [-0.4, -0.2) is 91.4 Å². The van der Waals surface area contributed by atoms with Crippen LogP contribution in [0.5, 0.6) is 0 Å². The highest BCUT2D eigenvalue weighted by molar-refractivity contribution is 9.10. The van der Waals surface area contributed by atoms with Crippen LogP contribution in [0.15, 0.2) is 77.5 Å². The molecular weight excluding hydrogens is 786 g/mol. The minimum Gasteiger partial charge on any atom is -0.340 e. The third kappa shape index (κ3) is 7.62. The number of para-hydroxylation sites is 1. The first-order valence-corrected chi connectivity index (χ1v) is 20.2. The summed E-state index contributed by atoms with van der Waals surface area (Å²) in [6.45, 7) is 2.98. The topological polar surface area (TPSA) is 181 Å². The molecule has 5 heterocycles. The molecule has 1 aliphatic carbocycles. The number of aromatic nitrogens is 4. The second-order valence-corrected chi connectivity index (χ2v) is 16.0. The number of fused-ring (bicyclic) bond motifs is 3. The van der Waals surface area contributed by atoms with E-state index in [0.717, 1.165) is 76.9 Å². The summed E-state index contributed by atoms with van der Waals surface area (Å²) in [7, 11) is 0. The Morgan fingerprint density at radius 1 is 0.947 bits per heavy atom. The summed E-state index contributed by atoms with van der Waals surface area (Å²) >= 11 is 3.58. The lowest BCUT2D eigenvalue weighted by Gasteiger charge is -2.36. The van der Waals surface area contributed by atoms with Crippen molar-refractivity contribution in [2.75, 3.05) is 30.3 Å². The molecule has 0 spiro atoms. The van der Waals surface area contributed by atoms with Crippen molar-refractivity contribution in [2.45, 2.75) is 69.1 Å². The van der Waals surface area contributed by atoms with Crippen molar-refractivity contribution in [3.8, 4) is 0 Å². The molecule has 3 amide bonds. The minimum atomic E-state index is -0.679. The maximum Gasteiger partial charge on any atom is 0.255 e. The highest BCUT2D eigenvalue weighted by atomic mass is 79.9. The molecule has 3 atom stereocenters. The number of rotatable bonds is 11. The van der Waals surface area contributed by atoms with Crippen molar-refractivity contribution < 1.29 is 14.4 Å². The van der Waals surface area contributed by atoms with Gasteiger partial charge in [-0.25, -0.2) is 9.97 Å². The van der Waals surface area contributed by atoms with E-state index in [9.17, 15) is 14.4 Å². The summed E-state index contributed by atoms with van der Waals surface area (Å²) in [4.78, 5) is 60.3. The normalized spacial score (nSPS) is 20.3. The van der Waals surface area contributed by atoms with E-state index in [1.54, 1.807) is 29.4 Å². The summed E-state index contributed by atoms with van der Waals surface area (Å²) < 4.78 is 0.907. The van der Waals surface area contributed by atoms with E-state index in [2.05, 4.69) is 70.3 Å². The van der Waals surface area contributed by atoms with Gasteiger partial charge in [0.25, 0.3) is 5.91 Å². The second kappa shape index (κ2) is 15.7. The van der Waals surface area contributed by atoms with E-state index < -0.39 is 11.9 Å². The second-order valence-electron chi connectivity index (χ2n) is 15.2. The molecule has 57 heavy (non-hydrogen) atoms. The highest BCUT2D eigenvalue weighted by Gasteiger charge is 2.40. The first-order valence-electron chi connectivity index (χ1n) is 19.4. The number of hydrogen-bond donors (Lipinski definition) is 5. The molecule has 0 bridgehead atoms. The van der Waals surface area contributed by atoms with Crippen LogP contribution in [0.1, 0.15) is 64.3 Å². The van der Waals surface area contributed by atoms with E-state index in [4.69, 9.17) is 15.4 Å². The maximum atomic E-state index is 13.3. The molecule has 4 aliphatic rings. The predicted octanol–water partition coefficient (Wildman–Crippen LogP) is 5.39. The average molecular weight is 829 g/mol. The number of nitrogens with one attached hydrogen (secondary N) is 5. The first kappa shape index (κ1) is 37.0. The van der Waals surface area contributed by atoms with Gasteiger partial charge in [-0.15, -0.1) is 0 Å². The van der Waals surface area contributed by atoms with Crippen LogP contribution < -0.4 is 21.3 Å². The largest absolute Gasteiger partial charge is 0.340 e. The smallest absolute Gasteiger partial charge is 0.255 e. The molecule has 0 radical (unpaired) electrons. The Hall–Kier alpha value is -5.64. The van der Waals surface area contributed by atoms with Gasteiger partial charge in [-0.1, -0.05) is 18.2 Å². The summed E-state index contributed by atoms with van der Waals surface area (Å²) in [5.41, 5.74) is 8.13. The maximum absolute atomic E-state index is 13.3. The molecule has 290 valence electrons. The fourth-order valence-electron chi connectivity index (χ4n) is 8.59. The van der Waals surface area contributed by atoms with E-state index in [-0.39, 0.29) is 30.7 Å². The third-order valence-electron chi connectivity index (χ3n) is 11.7. The molecule has 5 N–H and O–H groups in total. The molecule has 15 heteroatoms. The molecule has 3 aliphatic heterocycles. The number of benzene rings is 3. The van der Waals surface area contributed by atoms with Gasteiger partial charge >= 0.3 is 0 Å². The molecule has 9 rings (SSSR count). The van der Waals surface area contributed by atoms with Crippen LogP contribution in [0.3, 0.4) is 0 Å². The van der Waals surface area contributed by atoms with E-state index in [1.165, 1.54) is 17.3 Å². The third-order valence-corrected chi connectivity index (χ3v) is 12.3. The van der Waals surface area contributed by atoms with Crippen molar-refractivity contribution in [3.63, 3.8) is 0 Å². The van der Waals surface area contributed by atoms with Crippen molar-refractivity contribution in [2.24, 2.45) is 0 Å². The summed E-state index contributed by atoms with van der Waals surface area (Å²) in [5.74, 6) is -0.0914. The lowest BCUT2D eigenvalue weighted by atomic mass is 10.0. The number of piperidine rings is 2. The Labute approximate surface area is 337 Å². The molecule has 2 saturated heterocycles. The molecular formula is C42H42BrN11O3. The molecule has 3 unspecified atom stereocenters. The Bertz CT molecular complexity index is 2400. The highest BCUT2D eigenvalue weighted by Crippen LogP contribution is 2.34. The average Bonchev–Trinajstić information content (AvgIpc) is 3.80. The zero-order valence-electron chi connectivity index (χ0n) is 31.2. The lowest BCUT2D eigenvalue weighted by Crippen LogP contribution is -2.52. The zero-order valence-corrected chi connectivity index (χ0v) is 32.8. The molecule has 2 fully saturated rings. The first-order chi connectivity index (χ1) is 27.8. The molecule has 14 nitrogen and oxygen atoms in total. The SMILES string of the molecule is N=CC(CNC1CCN(C2Cc3ccc(Nc4nccc(Nc5cccc6c5CN(C5CCC(=O)NC5=O)C6=O)n4)cc3C2)CC1)c1cnc2cccc(Br)c2n1. The Kier molecular flexibility index (Phi) is 10.2. The number of amides is 3. The Balaban J connectivity index is 0.783. The quantitative estimate of drug-likeness (QED) is 0.0852. The molecule has 5 aromatic rings. The van der Waals surface area contributed by atoms with Gasteiger partial charge in [0, 0.05) is 83.1 Å². The van der Waals surface area contributed by atoms with Gasteiger partial charge in [-0.2, -0.15) is 4.98 Å². The van der Waals surface area contributed by atoms with E-state index in [1.807, 2.05) is 30.3 Å². The Morgan fingerprint density at radius 3 is 2.63 bits per heavy atom. The van der Waals surface area contributed by atoms with Gasteiger partial charge in [-0.3, -0.25) is 29.6 Å². The summed E-state index contributed by atoms with van der Waals surface area (Å²) in [6, 6.07) is 19.8. The van der Waals surface area contributed by atoms with Crippen LogP contribution >= 0.6 is 15.9 Å². The van der Waals surface area contributed by atoms with Crippen LogP contribution in [0.25, 0.3) is 11.0 Å². The number of halogens is 1. The van der Waals surface area contributed by atoms with Crippen LogP contribution in [0, 0.1) is 5.41 Å². The van der Waals surface area contributed by atoms with E-state index >= 15 is 0 Å². The number of carbonyl (C=O) groups is 3. The van der Waals surface area contributed by atoms with Crippen LogP contribution in [0.2, 0.25) is 0 Å². The van der Waals surface area contributed by atoms with E-state index in [0.29, 0.717) is 42.4 Å². The van der Waals surface area contributed by atoms with Gasteiger partial charge in [0.05, 0.1) is 11.2 Å². The molecule has 2 aromatic heterocycles. The van der Waals surface area contributed by atoms with Gasteiger partial charge < -0.3 is 26.3 Å². The lowest BCUT2D eigenvalue weighted by molar-refractivity contribution is -0.136. The molecule has 3 aromatic carbocycles. The van der Waals surface area contributed by atoms with Crippen molar-refractivity contribution in [1.29, 1.82) is 5.41 Å². The van der Waals surface area contributed by atoms with Crippen molar-refractivity contribution in [1.82, 2.24) is 40.4 Å². The zero-order chi connectivity index (χ0) is 39.0. The number of nitrogens with zero attached hydrogens (tertiary/aromatic N) is 6. The summed E-state index contributed by atoms with van der Waals surface area (Å²) in [6.07, 6.45) is 9.59. The summed E-state index contributed by atoms with van der Waals surface area (Å²) in [5, 5.41) is 20.9. The van der Waals surface area contributed by atoms with Gasteiger partial charge in [-0.05, 0) is 115 Å². The fraction of sp³-hybridized carbons (Fsp3) is 0.333. The van der Waals surface area contributed by atoms with Crippen molar-refractivity contribution >= 4 is 74.0 Å². The fourth-order valence-corrected chi connectivity index (χ4v) is 9.04.